The smallest absolute Gasteiger partial charge is 0.276 e. The van der Waals surface area contributed by atoms with E-state index in [2.05, 4.69) is 33.3 Å². The fourth-order valence-electron chi connectivity index (χ4n) is 2.75. The highest BCUT2D eigenvalue weighted by Crippen LogP contribution is 2.27. The molecule has 0 aliphatic heterocycles. The van der Waals surface area contributed by atoms with Crippen molar-refractivity contribution in [2.45, 2.75) is 13.8 Å². The first kappa shape index (κ1) is 16.1. The predicted octanol–water partition coefficient (Wildman–Crippen LogP) is 4.50. The van der Waals surface area contributed by atoms with Gasteiger partial charge in [-0.05, 0) is 49.7 Å². The van der Waals surface area contributed by atoms with Gasteiger partial charge in [0.05, 0.1) is 12.3 Å². The number of aromatic nitrogens is 4. The lowest BCUT2D eigenvalue weighted by atomic mass is 10.1. The van der Waals surface area contributed by atoms with Crippen molar-refractivity contribution < 1.29 is 9.26 Å². The SMILES string of the molecule is CCOc1ccc(-c2noc(-c3cc(-c4ccccc4C)n[nH]3)n2)cc1. The average Bonchev–Trinajstić information content (AvgIpc) is 3.33. The van der Waals surface area contributed by atoms with Crippen LogP contribution in [0.4, 0.5) is 0 Å². The number of aryl methyl sites for hydroxylation is 1. The molecule has 4 rings (SSSR count). The maximum atomic E-state index is 5.45. The van der Waals surface area contributed by atoms with Gasteiger partial charge in [0.15, 0.2) is 0 Å². The van der Waals surface area contributed by atoms with E-state index in [0.29, 0.717) is 24.0 Å². The number of hydrogen-bond acceptors (Lipinski definition) is 5. The molecule has 2 aromatic carbocycles. The third-order valence-corrected chi connectivity index (χ3v) is 4.08. The molecular formula is C20H18N4O2. The first-order valence-corrected chi connectivity index (χ1v) is 8.43. The van der Waals surface area contributed by atoms with Crippen molar-refractivity contribution in [1.82, 2.24) is 20.3 Å². The second kappa shape index (κ2) is 6.84. The zero-order valence-electron chi connectivity index (χ0n) is 14.6. The second-order valence-electron chi connectivity index (χ2n) is 5.86. The van der Waals surface area contributed by atoms with Gasteiger partial charge in [-0.1, -0.05) is 29.4 Å². The number of nitrogens with one attached hydrogen (secondary N) is 1. The minimum atomic E-state index is 0.404. The fourth-order valence-corrected chi connectivity index (χ4v) is 2.75. The number of benzene rings is 2. The molecule has 2 aromatic heterocycles. The minimum Gasteiger partial charge on any atom is -0.494 e. The Kier molecular flexibility index (Phi) is 4.23. The van der Waals surface area contributed by atoms with Crippen molar-refractivity contribution in [3.05, 3.63) is 60.2 Å². The average molecular weight is 346 g/mol. The van der Waals surface area contributed by atoms with Crippen molar-refractivity contribution in [3.63, 3.8) is 0 Å². The summed E-state index contributed by atoms with van der Waals surface area (Å²) in [6.07, 6.45) is 0. The van der Waals surface area contributed by atoms with Crippen LogP contribution in [0.2, 0.25) is 0 Å². The molecule has 0 fully saturated rings. The lowest BCUT2D eigenvalue weighted by Gasteiger charge is -2.02. The maximum absolute atomic E-state index is 5.45. The zero-order valence-corrected chi connectivity index (χ0v) is 14.6. The molecule has 0 saturated heterocycles. The fraction of sp³-hybridized carbons (Fsp3) is 0.150. The zero-order chi connectivity index (χ0) is 17.9. The summed E-state index contributed by atoms with van der Waals surface area (Å²) in [5, 5.41) is 11.4. The number of aromatic amines is 1. The minimum absolute atomic E-state index is 0.404. The normalized spacial score (nSPS) is 10.8. The Bertz CT molecular complexity index is 1020. The summed E-state index contributed by atoms with van der Waals surface area (Å²) >= 11 is 0. The summed E-state index contributed by atoms with van der Waals surface area (Å²) < 4.78 is 10.8. The molecular weight excluding hydrogens is 328 g/mol. The van der Waals surface area contributed by atoms with Gasteiger partial charge < -0.3 is 9.26 Å². The largest absolute Gasteiger partial charge is 0.494 e. The van der Waals surface area contributed by atoms with Crippen molar-refractivity contribution in [1.29, 1.82) is 0 Å². The van der Waals surface area contributed by atoms with Gasteiger partial charge in [0, 0.05) is 11.1 Å². The first-order chi connectivity index (χ1) is 12.7. The molecule has 0 aliphatic carbocycles. The van der Waals surface area contributed by atoms with Crippen LogP contribution in [0.15, 0.2) is 59.1 Å². The van der Waals surface area contributed by atoms with Crippen LogP contribution in [0.1, 0.15) is 12.5 Å². The number of hydrogen-bond donors (Lipinski definition) is 1. The molecule has 0 unspecified atom stereocenters. The van der Waals surface area contributed by atoms with Crippen molar-refractivity contribution >= 4 is 0 Å². The highest BCUT2D eigenvalue weighted by molar-refractivity contribution is 5.68. The van der Waals surface area contributed by atoms with Crippen LogP contribution in [0, 0.1) is 6.92 Å². The van der Waals surface area contributed by atoms with Crippen LogP contribution in [0.25, 0.3) is 34.2 Å². The van der Waals surface area contributed by atoms with Crippen LogP contribution in [-0.2, 0) is 0 Å². The summed E-state index contributed by atoms with van der Waals surface area (Å²) in [7, 11) is 0. The van der Waals surface area contributed by atoms with Crippen molar-refractivity contribution in [2.24, 2.45) is 0 Å². The molecule has 6 nitrogen and oxygen atoms in total. The maximum Gasteiger partial charge on any atom is 0.276 e. The Balaban J connectivity index is 1.60. The monoisotopic (exact) mass is 346 g/mol. The molecule has 0 saturated carbocycles. The molecule has 4 aromatic rings. The van der Waals surface area contributed by atoms with Gasteiger partial charge in [-0.25, -0.2) is 0 Å². The van der Waals surface area contributed by atoms with Gasteiger partial charge in [-0.3, -0.25) is 5.10 Å². The van der Waals surface area contributed by atoms with Gasteiger partial charge in [0.1, 0.15) is 11.4 Å². The summed E-state index contributed by atoms with van der Waals surface area (Å²) in [4.78, 5) is 4.47. The lowest BCUT2D eigenvalue weighted by molar-refractivity contribution is 0.340. The summed E-state index contributed by atoms with van der Waals surface area (Å²) in [6, 6.07) is 17.6. The second-order valence-corrected chi connectivity index (χ2v) is 5.86. The summed E-state index contributed by atoms with van der Waals surface area (Å²) in [5.41, 5.74) is 4.63. The van der Waals surface area contributed by atoms with Gasteiger partial charge in [0.2, 0.25) is 5.82 Å². The molecule has 0 atom stereocenters. The van der Waals surface area contributed by atoms with E-state index in [9.17, 15) is 0 Å². The molecule has 2 heterocycles. The Morgan fingerprint density at radius 2 is 1.88 bits per heavy atom. The van der Waals surface area contributed by atoms with E-state index in [1.807, 2.05) is 55.5 Å². The highest BCUT2D eigenvalue weighted by Gasteiger charge is 2.14. The number of ether oxygens (including phenoxy) is 1. The van der Waals surface area contributed by atoms with Crippen LogP contribution >= 0.6 is 0 Å². The molecule has 6 heteroatoms. The van der Waals surface area contributed by atoms with E-state index in [4.69, 9.17) is 9.26 Å². The number of nitrogens with zero attached hydrogens (tertiary/aromatic N) is 3. The van der Waals surface area contributed by atoms with E-state index in [1.54, 1.807) is 0 Å². The summed E-state index contributed by atoms with van der Waals surface area (Å²) in [5.74, 6) is 1.74. The van der Waals surface area contributed by atoms with E-state index in [0.717, 1.165) is 28.1 Å². The van der Waals surface area contributed by atoms with Gasteiger partial charge in [0.25, 0.3) is 5.89 Å². The molecule has 0 bridgehead atoms. The van der Waals surface area contributed by atoms with E-state index < -0.39 is 0 Å². The molecule has 130 valence electrons. The molecule has 0 amide bonds. The molecule has 1 N–H and O–H groups in total. The van der Waals surface area contributed by atoms with E-state index in [1.165, 1.54) is 0 Å². The van der Waals surface area contributed by atoms with Crippen molar-refractivity contribution in [3.8, 4) is 40.0 Å². The Morgan fingerprint density at radius 1 is 1.08 bits per heavy atom. The standard InChI is InChI=1S/C20H18N4O2/c1-3-25-15-10-8-14(9-11-15)19-21-20(26-24-19)18-12-17(22-23-18)16-7-5-4-6-13(16)2/h4-12H,3H2,1-2H3,(H,22,23). The van der Waals surface area contributed by atoms with Crippen LogP contribution in [-0.4, -0.2) is 26.9 Å². The third-order valence-electron chi connectivity index (χ3n) is 4.08. The molecule has 0 radical (unpaired) electrons. The number of rotatable bonds is 5. The lowest BCUT2D eigenvalue weighted by Crippen LogP contribution is -1.90. The predicted molar refractivity (Wildman–Crippen MR) is 98.7 cm³/mol. The highest BCUT2D eigenvalue weighted by atomic mass is 16.5. The van der Waals surface area contributed by atoms with Gasteiger partial charge >= 0.3 is 0 Å². The van der Waals surface area contributed by atoms with Crippen LogP contribution < -0.4 is 4.74 Å². The molecule has 26 heavy (non-hydrogen) atoms. The van der Waals surface area contributed by atoms with Gasteiger partial charge in [-0.15, -0.1) is 0 Å². The Morgan fingerprint density at radius 3 is 2.65 bits per heavy atom. The first-order valence-electron chi connectivity index (χ1n) is 8.43. The Labute approximate surface area is 150 Å². The molecule has 0 aliphatic rings. The summed E-state index contributed by atoms with van der Waals surface area (Å²) in [6.45, 7) is 4.64. The van der Waals surface area contributed by atoms with E-state index in [-0.39, 0.29) is 0 Å². The topological polar surface area (TPSA) is 76.8 Å². The third kappa shape index (κ3) is 3.09. The quantitative estimate of drug-likeness (QED) is 0.576. The van der Waals surface area contributed by atoms with Crippen molar-refractivity contribution in [2.75, 3.05) is 6.61 Å². The van der Waals surface area contributed by atoms with Crippen LogP contribution in [0.5, 0.6) is 5.75 Å². The van der Waals surface area contributed by atoms with Gasteiger partial charge in [-0.2, -0.15) is 10.1 Å². The number of H-pyrrole nitrogens is 1. The molecule has 0 spiro atoms. The van der Waals surface area contributed by atoms with Crippen LogP contribution in [0.3, 0.4) is 0 Å². The van der Waals surface area contributed by atoms with E-state index >= 15 is 0 Å². The Hall–Kier alpha value is -3.41.